The van der Waals surface area contributed by atoms with Crippen LogP contribution in [0.4, 0.5) is 0 Å². The second-order valence-corrected chi connectivity index (χ2v) is 7.35. The van der Waals surface area contributed by atoms with Crippen LogP contribution in [0.2, 0.25) is 0 Å². The van der Waals surface area contributed by atoms with Gasteiger partial charge in [0.05, 0.1) is 11.4 Å². The molecule has 0 unspecified atom stereocenters. The topological polar surface area (TPSA) is 64.0 Å². The van der Waals surface area contributed by atoms with E-state index in [0.717, 1.165) is 12.8 Å². The van der Waals surface area contributed by atoms with Gasteiger partial charge in [0.1, 0.15) is 4.90 Å². The van der Waals surface area contributed by atoms with Crippen molar-refractivity contribution in [2.75, 3.05) is 6.54 Å². The van der Waals surface area contributed by atoms with E-state index in [1.165, 1.54) is 32.1 Å². The summed E-state index contributed by atoms with van der Waals surface area (Å²) in [4.78, 5) is 0.327. The fourth-order valence-electron chi connectivity index (χ4n) is 2.50. The van der Waals surface area contributed by atoms with E-state index in [9.17, 15) is 8.42 Å². The van der Waals surface area contributed by atoms with Crippen molar-refractivity contribution in [2.24, 2.45) is 7.05 Å². The molecule has 0 spiro atoms. The van der Waals surface area contributed by atoms with Gasteiger partial charge in [0.25, 0.3) is 0 Å². The Balaban J connectivity index is 2.37. The first kappa shape index (κ1) is 18.2. The van der Waals surface area contributed by atoms with E-state index in [1.54, 1.807) is 25.6 Å². The van der Waals surface area contributed by atoms with Crippen LogP contribution >= 0.6 is 0 Å². The number of unbranched alkanes of at least 4 members (excludes halogenated alkanes) is 6. The first-order valence-corrected chi connectivity index (χ1v) is 9.38. The highest BCUT2D eigenvalue weighted by molar-refractivity contribution is 7.89. The van der Waals surface area contributed by atoms with Gasteiger partial charge in [0.15, 0.2) is 0 Å². The van der Waals surface area contributed by atoms with E-state index in [-0.39, 0.29) is 0 Å². The molecule has 0 bridgehead atoms. The Kier molecular flexibility index (Phi) is 7.39. The Morgan fingerprint density at radius 2 is 1.62 bits per heavy atom. The van der Waals surface area contributed by atoms with Gasteiger partial charge in [-0.3, -0.25) is 4.68 Å². The van der Waals surface area contributed by atoms with Crippen molar-refractivity contribution >= 4 is 10.0 Å². The van der Waals surface area contributed by atoms with Crippen molar-refractivity contribution in [1.82, 2.24) is 14.5 Å². The molecule has 1 N–H and O–H groups in total. The lowest BCUT2D eigenvalue weighted by atomic mass is 10.1. The maximum atomic E-state index is 12.3. The standard InChI is InChI=1S/C15H29N3O2S/c1-5-6-7-8-9-10-11-12-16-21(19,20)15-13(2)17-18(4)14(15)3/h16H,5-12H2,1-4H3. The summed E-state index contributed by atoms with van der Waals surface area (Å²) in [6.45, 7) is 6.22. The van der Waals surface area contributed by atoms with E-state index in [0.29, 0.717) is 22.8 Å². The number of rotatable bonds is 10. The number of sulfonamides is 1. The summed E-state index contributed by atoms with van der Waals surface area (Å²) in [5.74, 6) is 0. The molecule has 0 aliphatic rings. The number of hydrogen-bond acceptors (Lipinski definition) is 3. The molecule has 0 saturated carbocycles. The monoisotopic (exact) mass is 315 g/mol. The summed E-state index contributed by atoms with van der Waals surface area (Å²) in [7, 11) is -1.67. The molecule has 21 heavy (non-hydrogen) atoms. The van der Waals surface area contributed by atoms with Gasteiger partial charge in [-0.15, -0.1) is 0 Å². The Hall–Kier alpha value is -0.880. The van der Waals surface area contributed by atoms with Gasteiger partial charge in [-0.1, -0.05) is 45.4 Å². The van der Waals surface area contributed by atoms with Crippen molar-refractivity contribution in [3.05, 3.63) is 11.4 Å². The molecule has 122 valence electrons. The predicted molar refractivity (Wildman–Crippen MR) is 85.9 cm³/mol. The van der Waals surface area contributed by atoms with Crippen LogP contribution < -0.4 is 4.72 Å². The molecule has 0 atom stereocenters. The minimum Gasteiger partial charge on any atom is -0.271 e. The highest BCUT2D eigenvalue weighted by atomic mass is 32.2. The van der Waals surface area contributed by atoms with Crippen molar-refractivity contribution in [3.8, 4) is 0 Å². The molecule has 0 radical (unpaired) electrons. The van der Waals surface area contributed by atoms with Crippen LogP contribution in [0.1, 0.15) is 63.3 Å². The Labute approximate surface area is 129 Å². The normalized spacial score (nSPS) is 12.0. The van der Waals surface area contributed by atoms with E-state index < -0.39 is 10.0 Å². The Bertz CT molecular complexity index is 535. The van der Waals surface area contributed by atoms with Crippen molar-refractivity contribution in [3.63, 3.8) is 0 Å². The van der Waals surface area contributed by atoms with Gasteiger partial charge in [-0.2, -0.15) is 5.10 Å². The van der Waals surface area contributed by atoms with Gasteiger partial charge in [-0.05, 0) is 20.3 Å². The molecule has 5 nitrogen and oxygen atoms in total. The number of nitrogens with one attached hydrogen (secondary N) is 1. The Morgan fingerprint density at radius 1 is 1.05 bits per heavy atom. The molecule has 1 aromatic heterocycles. The van der Waals surface area contributed by atoms with Gasteiger partial charge in [0, 0.05) is 13.6 Å². The number of aromatic nitrogens is 2. The van der Waals surface area contributed by atoms with Crippen LogP contribution in [0.3, 0.4) is 0 Å². The van der Waals surface area contributed by atoms with E-state index in [4.69, 9.17) is 0 Å². The summed E-state index contributed by atoms with van der Waals surface area (Å²) in [5, 5.41) is 4.16. The SMILES string of the molecule is CCCCCCCCCNS(=O)(=O)c1c(C)nn(C)c1C. The largest absolute Gasteiger partial charge is 0.271 e. The molecule has 0 aliphatic carbocycles. The summed E-state index contributed by atoms with van der Waals surface area (Å²) in [5.41, 5.74) is 1.24. The van der Waals surface area contributed by atoms with Gasteiger partial charge in [-0.25, -0.2) is 13.1 Å². The van der Waals surface area contributed by atoms with Crippen molar-refractivity contribution < 1.29 is 8.42 Å². The zero-order valence-electron chi connectivity index (χ0n) is 13.8. The third-order valence-corrected chi connectivity index (χ3v) is 5.50. The fraction of sp³-hybridized carbons (Fsp3) is 0.800. The molecule has 1 rings (SSSR count). The van der Waals surface area contributed by atoms with Crippen LogP contribution in [0, 0.1) is 13.8 Å². The molecule has 6 heteroatoms. The zero-order chi connectivity index (χ0) is 15.9. The summed E-state index contributed by atoms with van der Waals surface area (Å²) in [6.07, 6.45) is 8.25. The molecule has 0 fully saturated rings. The summed E-state index contributed by atoms with van der Waals surface area (Å²) in [6, 6.07) is 0. The molecule has 0 amide bonds. The molecule has 0 aliphatic heterocycles. The lowest BCUT2D eigenvalue weighted by Crippen LogP contribution is -2.25. The lowest BCUT2D eigenvalue weighted by Gasteiger charge is -2.07. The van der Waals surface area contributed by atoms with Crippen LogP contribution in [0.25, 0.3) is 0 Å². The molecule has 0 aromatic carbocycles. The smallest absolute Gasteiger partial charge is 0.244 e. The highest BCUT2D eigenvalue weighted by Crippen LogP contribution is 2.18. The van der Waals surface area contributed by atoms with Crippen LogP contribution in [-0.4, -0.2) is 24.7 Å². The zero-order valence-corrected chi connectivity index (χ0v) is 14.6. The minimum absolute atomic E-state index is 0.327. The molecular formula is C15H29N3O2S. The highest BCUT2D eigenvalue weighted by Gasteiger charge is 2.22. The summed E-state index contributed by atoms with van der Waals surface area (Å²) < 4.78 is 28.9. The van der Waals surface area contributed by atoms with Gasteiger partial charge in [0.2, 0.25) is 10.0 Å². The predicted octanol–water partition coefficient (Wildman–Crippen LogP) is 3.07. The molecule has 1 aromatic rings. The fourth-order valence-corrected chi connectivity index (χ4v) is 4.01. The van der Waals surface area contributed by atoms with E-state index in [1.807, 2.05) is 0 Å². The van der Waals surface area contributed by atoms with Crippen molar-refractivity contribution in [1.29, 1.82) is 0 Å². The summed E-state index contributed by atoms with van der Waals surface area (Å²) >= 11 is 0. The average molecular weight is 315 g/mol. The van der Waals surface area contributed by atoms with Crippen LogP contribution in [0.15, 0.2) is 4.90 Å². The lowest BCUT2D eigenvalue weighted by molar-refractivity contribution is 0.562. The van der Waals surface area contributed by atoms with Gasteiger partial charge < -0.3 is 0 Å². The quantitative estimate of drug-likeness (QED) is 0.675. The maximum absolute atomic E-state index is 12.3. The van der Waals surface area contributed by atoms with Gasteiger partial charge >= 0.3 is 0 Å². The van der Waals surface area contributed by atoms with E-state index >= 15 is 0 Å². The number of hydrogen-bond donors (Lipinski definition) is 1. The third-order valence-electron chi connectivity index (χ3n) is 3.78. The van der Waals surface area contributed by atoms with Crippen molar-refractivity contribution in [2.45, 2.75) is 70.6 Å². The second-order valence-electron chi connectivity index (χ2n) is 5.64. The first-order chi connectivity index (χ1) is 9.90. The van der Waals surface area contributed by atoms with Crippen LogP contribution in [0.5, 0.6) is 0 Å². The average Bonchev–Trinajstić information content (AvgIpc) is 2.67. The minimum atomic E-state index is -3.44. The number of nitrogens with zero attached hydrogens (tertiary/aromatic N) is 2. The third kappa shape index (κ3) is 5.43. The Morgan fingerprint density at radius 3 is 2.14 bits per heavy atom. The first-order valence-electron chi connectivity index (χ1n) is 7.90. The second kappa shape index (κ2) is 8.54. The van der Waals surface area contributed by atoms with E-state index in [2.05, 4.69) is 16.7 Å². The number of aryl methyl sites for hydroxylation is 2. The molecule has 0 saturated heterocycles. The van der Waals surface area contributed by atoms with Crippen LogP contribution in [-0.2, 0) is 17.1 Å². The maximum Gasteiger partial charge on any atom is 0.244 e. The molecular weight excluding hydrogens is 286 g/mol. The molecule has 1 heterocycles.